The van der Waals surface area contributed by atoms with Crippen LogP contribution in [0.5, 0.6) is 11.5 Å². The van der Waals surface area contributed by atoms with E-state index in [2.05, 4.69) is 41.4 Å². The Bertz CT molecular complexity index is 944. The topological polar surface area (TPSA) is 77.1 Å². The van der Waals surface area contributed by atoms with Gasteiger partial charge in [-0.15, -0.1) is 0 Å². The zero-order valence-electron chi connectivity index (χ0n) is 18.6. The van der Waals surface area contributed by atoms with E-state index in [0.29, 0.717) is 23.7 Å². The number of hydrogen-bond acceptors (Lipinski definition) is 6. The van der Waals surface area contributed by atoms with Gasteiger partial charge in [-0.2, -0.15) is 0 Å². The van der Waals surface area contributed by atoms with Gasteiger partial charge < -0.3 is 19.5 Å². The van der Waals surface area contributed by atoms with Gasteiger partial charge in [0.05, 0.1) is 38.5 Å². The lowest BCUT2D eigenvalue weighted by Gasteiger charge is -2.32. The Morgan fingerprint density at radius 1 is 1.10 bits per heavy atom. The fourth-order valence-electron chi connectivity index (χ4n) is 3.98. The van der Waals surface area contributed by atoms with Crippen LogP contribution in [0.1, 0.15) is 34.3 Å². The maximum absolute atomic E-state index is 13.1. The monoisotopic (exact) mass is 426 g/mol. The van der Waals surface area contributed by atoms with Crippen molar-refractivity contribution in [1.29, 1.82) is 0 Å². The summed E-state index contributed by atoms with van der Waals surface area (Å²) >= 11 is 0. The second-order valence-electron chi connectivity index (χ2n) is 7.80. The minimum Gasteiger partial charge on any atom is -0.493 e. The zero-order valence-corrected chi connectivity index (χ0v) is 18.6. The third-order valence-electron chi connectivity index (χ3n) is 5.55. The van der Waals surface area contributed by atoms with Crippen LogP contribution in [0.15, 0.2) is 36.4 Å². The number of anilines is 1. The smallest absolute Gasteiger partial charge is 0.340 e. The number of rotatable bonds is 7. The van der Waals surface area contributed by atoms with Crippen LogP contribution in [-0.2, 0) is 16.1 Å². The standard InChI is InChI=1S/C24H30N2O5/c1-16-7-5-8-17(11-16)14-26-10-6-9-18(15-26)23(27)25-20-13-22(30-3)21(29-2)12-19(20)24(28)31-4/h5,7-8,11-13,18H,6,9-10,14-15H2,1-4H3,(H,25,27). The van der Waals surface area contributed by atoms with Crippen molar-refractivity contribution in [2.45, 2.75) is 26.3 Å². The molecule has 0 aliphatic carbocycles. The number of benzene rings is 2. The number of hydrogen-bond donors (Lipinski definition) is 1. The lowest BCUT2D eigenvalue weighted by molar-refractivity contribution is -0.121. The Morgan fingerprint density at radius 3 is 2.52 bits per heavy atom. The maximum Gasteiger partial charge on any atom is 0.340 e. The summed E-state index contributed by atoms with van der Waals surface area (Å²) in [6.07, 6.45) is 1.75. The number of ether oxygens (including phenoxy) is 3. The van der Waals surface area contributed by atoms with Crippen molar-refractivity contribution < 1.29 is 23.8 Å². The third kappa shape index (κ3) is 5.55. The van der Waals surface area contributed by atoms with Crippen LogP contribution in [0, 0.1) is 12.8 Å². The SMILES string of the molecule is COC(=O)c1cc(OC)c(OC)cc1NC(=O)C1CCCN(Cc2cccc(C)c2)C1. The predicted octanol–water partition coefficient (Wildman–Crippen LogP) is 3.65. The van der Waals surface area contributed by atoms with E-state index in [4.69, 9.17) is 14.2 Å². The average molecular weight is 427 g/mol. The van der Waals surface area contributed by atoms with Crippen LogP contribution in [0.4, 0.5) is 5.69 Å². The molecule has 1 aliphatic heterocycles. The van der Waals surface area contributed by atoms with Gasteiger partial charge in [0.15, 0.2) is 11.5 Å². The molecule has 7 nitrogen and oxygen atoms in total. The van der Waals surface area contributed by atoms with Crippen LogP contribution < -0.4 is 14.8 Å². The minimum absolute atomic E-state index is 0.119. The number of nitrogens with zero attached hydrogens (tertiary/aromatic N) is 1. The summed E-state index contributed by atoms with van der Waals surface area (Å²) in [5, 5.41) is 2.91. The summed E-state index contributed by atoms with van der Waals surface area (Å²) in [6.45, 7) is 4.52. The molecule has 0 spiro atoms. The molecule has 2 aromatic rings. The van der Waals surface area contributed by atoms with Crippen molar-refractivity contribution in [3.63, 3.8) is 0 Å². The highest BCUT2D eigenvalue weighted by Gasteiger charge is 2.27. The van der Waals surface area contributed by atoms with E-state index in [1.807, 2.05) is 0 Å². The van der Waals surface area contributed by atoms with E-state index in [-0.39, 0.29) is 17.4 Å². The quantitative estimate of drug-likeness (QED) is 0.681. The van der Waals surface area contributed by atoms with Gasteiger partial charge in [0, 0.05) is 25.2 Å². The van der Waals surface area contributed by atoms with Gasteiger partial charge in [-0.3, -0.25) is 9.69 Å². The normalized spacial score (nSPS) is 16.5. The number of carbonyl (C=O) groups is 2. The first kappa shape index (κ1) is 22.6. The van der Waals surface area contributed by atoms with Gasteiger partial charge in [-0.05, 0) is 31.9 Å². The third-order valence-corrected chi connectivity index (χ3v) is 5.55. The highest BCUT2D eigenvalue weighted by atomic mass is 16.5. The number of amides is 1. The van der Waals surface area contributed by atoms with Crippen molar-refractivity contribution in [2.24, 2.45) is 5.92 Å². The number of aryl methyl sites for hydroxylation is 1. The van der Waals surface area contributed by atoms with Gasteiger partial charge in [0.2, 0.25) is 5.91 Å². The van der Waals surface area contributed by atoms with Crippen LogP contribution in [0.3, 0.4) is 0 Å². The average Bonchev–Trinajstić information content (AvgIpc) is 2.78. The number of piperidine rings is 1. The predicted molar refractivity (Wildman–Crippen MR) is 119 cm³/mol. The molecule has 1 N–H and O–H groups in total. The Labute approximate surface area is 183 Å². The molecule has 1 unspecified atom stereocenters. The van der Waals surface area contributed by atoms with E-state index < -0.39 is 5.97 Å². The first-order valence-corrected chi connectivity index (χ1v) is 10.4. The number of likely N-dealkylation sites (tertiary alicyclic amines) is 1. The van der Waals surface area contributed by atoms with Crippen LogP contribution in [-0.4, -0.2) is 51.2 Å². The van der Waals surface area contributed by atoms with Gasteiger partial charge in [0.1, 0.15) is 0 Å². The van der Waals surface area contributed by atoms with Crippen LogP contribution in [0.25, 0.3) is 0 Å². The van der Waals surface area contributed by atoms with Crippen molar-refractivity contribution in [1.82, 2.24) is 4.90 Å². The van der Waals surface area contributed by atoms with Crippen molar-refractivity contribution >= 4 is 17.6 Å². The highest BCUT2D eigenvalue weighted by molar-refractivity contribution is 6.02. The van der Waals surface area contributed by atoms with Crippen molar-refractivity contribution in [3.8, 4) is 11.5 Å². The summed E-state index contributed by atoms with van der Waals surface area (Å²) in [4.78, 5) is 27.6. The number of esters is 1. The molecular weight excluding hydrogens is 396 g/mol. The van der Waals surface area contributed by atoms with E-state index in [0.717, 1.165) is 25.9 Å². The second-order valence-corrected chi connectivity index (χ2v) is 7.80. The molecular formula is C24H30N2O5. The van der Waals surface area contributed by atoms with E-state index in [1.54, 1.807) is 6.07 Å². The molecule has 1 amide bonds. The van der Waals surface area contributed by atoms with Gasteiger partial charge in [-0.1, -0.05) is 29.8 Å². The molecule has 0 saturated carbocycles. The lowest BCUT2D eigenvalue weighted by Crippen LogP contribution is -2.40. The Morgan fingerprint density at radius 2 is 1.84 bits per heavy atom. The summed E-state index contributed by atoms with van der Waals surface area (Å²) in [7, 11) is 4.29. The molecule has 1 saturated heterocycles. The number of nitrogens with one attached hydrogen (secondary N) is 1. The minimum atomic E-state index is -0.555. The van der Waals surface area contributed by atoms with Crippen molar-refractivity contribution in [2.75, 3.05) is 39.7 Å². The van der Waals surface area contributed by atoms with E-state index in [9.17, 15) is 9.59 Å². The first-order chi connectivity index (χ1) is 14.9. The molecule has 0 radical (unpaired) electrons. The molecule has 1 fully saturated rings. The van der Waals surface area contributed by atoms with E-state index >= 15 is 0 Å². The van der Waals surface area contributed by atoms with Gasteiger partial charge in [-0.25, -0.2) is 4.79 Å². The molecule has 31 heavy (non-hydrogen) atoms. The summed E-state index contributed by atoms with van der Waals surface area (Å²) in [5.74, 6) is -0.0255. The lowest BCUT2D eigenvalue weighted by atomic mass is 9.96. The molecule has 1 atom stereocenters. The molecule has 166 valence electrons. The van der Waals surface area contributed by atoms with Crippen molar-refractivity contribution in [3.05, 3.63) is 53.1 Å². The fourth-order valence-corrected chi connectivity index (χ4v) is 3.98. The van der Waals surface area contributed by atoms with Crippen LogP contribution >= 0.6 is 0 Å². The molecule has 7 heteroatoms. The zero-order chi connectivity index (χ0) is 22.4. The molecule has 2 aromatic carbocycles. The van der Waals surface area contributed by atoms with Gasteiger partial charge in [0.25, 0.3) is 0 Å². The van der Waals surface area contributed by atoms with E-state index in [1.165, 1.54) is 38.5 Å². The largest absolute Gasteiger partial charge is 0.493 e. The highest BCUT2D eigenvalue weighted by Crippen LogP contribution is 2.34. The Kier molecular flexibility index (Phi) is 7.52. The molecule has 0 bridgehead atoms. The second kappa shape index (κ2) is 10.3. The Hall–Kier alpha value is -3.06. The molecule has 1 heterocycles. The summed E-state index contributed by atoms with van der Waals surface area (Å²) in [5.41, 5.74) is 3.05. The molecule has 1 aliphatic rings. The number of methoxy groups -OCH3 is 3. The summed E-state index contributed by atoms with van der Waals surface area (Å²) < 4.78 is 15.5. The maximum atomic E-state index is 13.1. The summed E-state index contributed by atoms with van der Waals surface area (Å²) in [6, 6.07) is 11.5. The van der Waals surface area contributed by atoms with Gasteiger partial charge >= 0.3 is 5.97 Å². The first-order valence-electron chi connectivity index (χ1n) is 10.4. The molecule has 3 rings (SSSR count). The molecule has 0 aromatic heterocycles. The number of carbonyl (C=O) groups excluding carboxylic acids is 2. The fraction of sp³-hybridized carbons (Fsp3) is 0.417. The Balaban J connectivity index is 1.74. The van der Waals surface area contributed by atoms with Crippen LogP contribution in [0.2, 0.25) is 0 Å².